The van der Waals surface area contributed by atoms with Gasteiger partial charge >= 0.3 is 0 Å². The van der Waals surface area contributed by atoms with Gasteiger partial charge in [-0.15, -0.1) is 0 Å². The molecule has 1 unspecified atom stereocenters. The van der Waals surface area contributed by atoms with Crippen molar-refractivity contribution in [2.24, 2.45) is 11.1 Å². The van der Waals surface area contributed by atoms with Crippen LogP contribution in [0.4, 0.5) is 0 Å². The maximum Gasteiger partial charge on any atom is 0.221 e. The van der Waals surface area contributed by atoms with Gasteiger partial charge in [-0.3, -0.25) is 4.79 Å². The highest BCUT2D eigenvalue weighted by Gasteiger charge is 2.31. The molecular formula is C14H28N2O2. The van der Waals surface area contributed by atoms with Crippen LogP contribution in [0.3, 0.4) is 0 Å². The Hall–Kier alpha value is -0.610. The van der Waals surface area contributed by atoms with Gasteiger partial charge < -0.3 is 16.2 Å². The van der Waals surface area contributed by atoms with Crippen LogP contribution >= 0.6 is 0 Å². The maximum absolute atomic E-state index is 11.8. The predicted molar refractivity (Wildman–Crippen MR) is 73.1 cm³/mol. The van der Waals surface area contributed by atoms with Gasteiger partial charge in [0.05, 0.1) is 6.10 Å². The third kappa shape index (κ3) is 5.83. The Balaban J connectivity index is 2.24. The number of aliphatic hydroxyl groups is 1. The lowest BCUT2D eigenvalue weighted by Crippen LogP contribution is -2.43. The molecule has 1 amide bonds. The van der Waals surface area contributed by atoms with Crippen molar-refractivity contribution < 1.29 is 9.90 Å². The largest absolute Gasteiger partial charge is 0.391 e. The fourth-order valence-electron chi connectivity index (χ4n) is 2.65. The minimum absolute atomic E-state index is 0.0349. The van der Waals surface area contributed by atoms with Crippen LogP contribution in [-0.4, -0.2) is 29.2 Å². The molecule has 0 saturated heterocycles. The van der Waals surface area contributed by atoms with Gasteiger partial charge in [0.1, 0.15) is 0 Å². The number of nitrogens with two attached hydrogens (primary N) is 1. The minimum Gasteiger partial charge on any atom is -0.391 e. The van der Waals surface area contributed by atoms with E-state index in [9.17, 15) is 9.90 Å². The second-order valence-electron chi connectivity index (χ2n) is 6.97. The average Bonchev–Trinajstić information content (AvgIpc) is 2.59. The van der Waals surface area contributed by atoms with Crippen molar-refractivity contribution in [2.75, 3.05) is 6.54 Å². The molecule has 1 fully saturated rings. The van der Waals surface area contributed by atoms with Gasteiger partial charge in [0.2, 0.25) is 5.91 Å². The Kier molecular flexibility index (Phi) is 5.17. The Morgan fingerprint density at radius 2 is 1.94 bits per heavy atom. The van der Waals surface area contributed by atoms with Gasteiger partial charge in [-0.2, -0.15) is 0 Å². The predicted octanol–water partition coefficient (Wildman–Crippen LogP) is 1.56. The maximum atomic E-state index is 11.8. The minimum atomic E-state index is -0.480. The number of aliphatic hydroxyl groups excluding tert-OH is 1. The molecule has 0 aromatic carbocycles. The van der Waals surface area contributed by atoms with E-state index in [0.29, 0.717) is 19.4 Å². The molecule has 1 aliphatic rings. The Morgan fingerprint density at radius 1 is 1.39 bits per heavy atom. The molecule has 1 rings (SSSR count). The van der Waals surface area contributed by atoms with Crippen LogP contribution in [0.25, 0.3) is 0 Å². The second-order valence-corrected chi connectivity index (χ2v) is 6.97. The first-order chi connectivity index (χ1) is 8.20. The summed E-state index contributed by atoms with van der Waals surface area (Å²) < 4.78 is 0. The zero-order valence-electron chi connectivity index (χ0n) is 12.0. The fourth-order valence-corrected chi connectivity index (χ4v) is 2.65. The van der Waals surface area contributed by atoms with Crippen LogP contribution in [0, 0.1) is 5.41 Å². The zero-order chi connectivity index (χ0) is 13.8. The van der Waals surface area contributed by atoms with Gasteiger partial charge in [-0.25, -0.2) is 0 Å². The number of amides is 1. The molecule has 4 nitrogen and oxygen atoms in total. The third-order valence-electron chi connectivity index (χ3n) is 3.49. The number of hydrogen-bond acceptors (Lipinski definition) is 3. The van der Waals surface area contributed by atoms with Gasteiger partial charge in [-0.1, -0.05) is 33.6 Å². The quantitative estimate of drug-likeness (QED) is 0.699. The standard InChI is InChI=1S/C14H28N2O2/c1-13(2,3)8-11(17)10-16-12(18)9-14(15)6-4-5-7-14/h11,17H,4-10,15H2,1-3H3,(H,16,18). The van der Waals surface area contributed by atoms with Gasteiger partial charge in [0.25, 0.3) is 0 Å². The smallest absolute Gasteiger partial charge is 0.221 e. The van der Waals surface area contributed by atoms with E-state index in [0.717, 1.165) is 25.7 Å². The first-order valence-corrected chi connectivity index (χ1v) is 6.94. The highest BCUT2D eigenvalue weighted by Crippen LogP contribution is 2.29. The summed E-state index contributed by atoms with van der Waals surface area (Å²) in [6.07, 6.45) is 4.70. The zero-order valence-corrected chi connectivity index (χ0v) is 12.0. The summed E-state index contributed by atoms with van der Waals surface area (Å²) in [6, 6.07) is 0. The molecule has 18 heavy (non-hydrogen) atoms. The topological polar surface area (TPSA) is 75.3 Å². The fraction of sp³-hybridized carbons (Fsp3) is 0.929. The molecule has 106 valence electrons. The summed E-state index contributed by atoms with van der Waals surface area (Å²) in [7, 11) is 0. The van der Waals surface area contributed by atoms with Crippen molar-refractivity contribution in [2.45, 2.75) is 70.9 Å². The molecule has 0 aromatic heterocycles. The van der Waals surface area contributed by atoms with Gasteiger partial charge in [0, 0.05) is 18.5 Å². The van der Waals surface area contributed by atoms with Crippen molar-refractivity contribution in [1.82, 2.24) is 5.32 Å². The number of nitrogens with one attached hydrogen (secondary N) is 1. The first kappa shape index (κ1) is 15.4. The lowest BCUT2D eigenvalue weighted by atomic mass is 9.89. The molecule has 4 heteroatoms. The normalized spacial score (nSPS) is 20.7. The van der Waals surface area contributed by atoms with Crippen molar-refractivity contribution in [1.29, 1.82) is 0 Å². The summed E-state index contributed by atoms with van der Waals surface area (Å²) in [5.41, 5.74) is 5.91. The Morgan fingerprint density at radius 3 is 2.44 bits per heavy atom. The van der Waals surface area contributed by atoms with E-state index in [1.54, 1.807) is 0 Å². The summed E-state index contributed by atoms with van der Waals surface area (Å²) in [5, 5.41) is 12.6. The first-order valence-electron chi connectivity index (χ1n) is 6.94. The van der Waals surface area contributed by atoms with E-state index in [-0.39, 0.29) is 16.9 Å². The lowest BCUT2D eigenvalue weighted by Gasteiger charge is -2.25. The number of hydrogen-bond donors (Lipinski definition) is 3. The molecule has 0 spiro atoms. The molecule has 1 aliphatic carbocycles. The number of rotatable bonds is 5. The van der Waals surface area contributed by atoms with E-state index in [2.05, 4.69) is 26.1 Å². The van der Waals surface area contributed by atoms with E-state index in [1.807, 2.05) is 0 Å². The molecule has 0 radical (unpaired) electrons. The SMILES string of the molecule is CC(C)(C)CC(O)CNC(=O)CC1(N)CCCC1. The van der Waals surface area contributed by atoms with Crippen LogP contribution in [0.5, 0.6) is 0 Å². The lowest BCUT2D eigenvalue weighted by molar-refractivity contribution is -0.122. The Labute approximate surface area is 110 Å². The summed E-state index contributed by atoms with van der Waals surface area (Å²) in [5.74, 6) is -0.0349. The average molecular weight is 256 g/mol. The molecule has 0 heterocycles. The monoisotopic (exact) mass is 256 g/mol. The third-order valence-corrected chi connectivity index (χ3v) is 3.49. The van der Waals surface area contributed by atoms with E-state index >= 15 is 0 Å². The van der Waals surface area contributed by atoms with E-state index < -0.39 is 6.10 Å². The molecule has 4 N–H and O–H groups in total. The molecule has 0 aromatic rings. The molecule has 0 bridgehead atoms. The van der Waals surface area contributed by atoms with Gasteiger partial charge in [0.15, 0.2) is 0 Å². The molecular weight excluding hydrogens is 228 g/mol. The summed E-state index contributed by atoms with van der Waals surface area (Å²) >= 11 is 0. The number of carbonyl (C=O) groups excluding carboxylic acids is 1. The van der Waals surface area contributed by atoms with Crippen molar-refractivity contribution >= 4 is 5.91 Å². The molecule has 1 atom stereocenters. The summed E-state index contributed by atoms with van der Waals surface area (Å²) in [6.45, 7) is 6.55. The van der Waals surface area contributed by atoms with Crippen LogP contribution in [0.1, 0.15) is 59.3 Å². The highest BCUT2D eigenvalue weighted by atomic mass is 16.3. The van der Waals surface area contributed by atoms with Crippen LogP contribution in [-0.2, 0) is 4.79 Å². The molecule has 1 saturated carbocycles. The van der Waals surface area contributed by atoms with Crippen LogP contribution in [0.15, 0.2) is 0 Å². The number of carbonyl (C=O) groups is 1. The van der Waals surface area contributed by atoms with E-state index in [4.69, 9.17) is 5.73 Å². The van der Waals surface area contributed by atoms with Crippen molar-refractivity contribution in [3.8, 4) is 0 Å². The van der Waals surface area contributed by atoms with Gasteiger partial charge in [-0.05, 0) is 24.7 Å². The summed E-state index contributed by atoms with van der Waals surface area (Å²) in [4.78, 5) is 11.8. The van der Waals surface area contributed by atoms with Crippen LogP contribution < -0.4 is 11.1 Å². The second kappa shape index (κ2) is 6.02. The van der Waals surface area contributed by atoms with E-state index in [1.165, 1.54) is 0 Å². The van der Waals surface area contributed by atoms with Crippen molar-refractivity contribution in [3.63, 3.8) is 0 Å². The highest BCUT2D eigenvalue weighted by molar-refractivity contribution is 5.77. The Bertz CT molecular complexity index is 278. The molecule has 0 aliphatic heterocycles. The van der Waals surface area contributed by atoms with Crippen molar-refractivity contribution in [3.05, 3.63) is 0 Å². The van der Waals surface area contributed by atoms with Crippen LogP contribution in [0.2, 0.25) is 0 Å².